The van der Waals surface area contributed by atoms with E-state index >= 15 is 0 Å². The Hall–Kier alpha value is -1.20. The van der Waals surface area contributed by atoms with Crippen molar-refractivity contribution in [1.29, 1.82) is 0 Å². The molecule has 5 heteroatoms. The first-order valence-electron chi connectivity index (χ1n) is 7.04. The largest absolute Gasteiger partial charge is 0.377 e. The van der Waals surface area contributed by atoms with Gasteiger partial charge in [-0.05, 0) is 24.6 Å². The molecule has 20 heavy (non-hydrogen) atoms. The molecular formula is C15H22F2N2O. The molecule has 0 spiro atoms. The smallest absolute Gasteiger partial charge is 0.149 e. The van der Waals surface area contributed by atoms with Crippen LogP contribution in [-0.4, -0.2) is 31.8 Å². The standard InChI is InChI=1S/C15H22F2N2O/c1-10(2)18-8-12-6-13(16)15(14(17)7-12)19-4-5-20-9-11(19)3/h6-7,10-11,18H,4-5,8-9H2,1-3H3. The Morgan fingerprint density at radius 2 is 2.00 bits per heavy atom. The molecule has 112 valence electrons. The van der Waals surface area contributed by atoms with E-state index in [1.807, 2.05) is 20.8 Å². The van der Waals surface area contributed by atoms with Gasteiger partial charge in [-0.15, -0.1) is 0 Å². The van der Waals surface area contributed by atoms with Crippen LogP contribution in [0.25, 0.3) is 0 Å². The van der Waals surface area contributed by atoms with Crippen molar-refractivity contribution in [3.05, 3.63) is 29.3 Å². The first-order valence-corrected chi connectivity index (χ1v) is 7.04. The Kier molecular flexibility index (Phi) is 4.94. The van der Waals surface area contributed by atoms with Crippen LogP contribution in [0.1, 0.15) is 26.3 Å². The van der Waals surface area contributed by atoms with E-state index in [-0.39, 0.29) is 17.8 Å². The minimum Gasteiger partial charge on any atom is -0.377 e. The number of rotatable bonds is 4. The molecule has 1 atom stereocenters. The summed E-state index contributed by atoms with van der Waals surface area (Å²) < 4.78 is 33.8. The van der Waals surface area contributed by atoms with Gasteiger partial charge in [0.2, 0.25) is 0 Å². The highest BCUT2D eigenvalue weighted by Crippen LogP contribution is 2.28. The molecule has 0 amide bonds. The van der Waals surface area contributed by atoms with Gasteiger partial charge < -0.3 is 15.0 Å². The predicted molar refractivity (Wildman–Crippen MR) is 76.0 cm³/mol. The maximum Gasteiger partial charge on any atom is 0.149 e. The quantitative estimate of drug-likeness (QED) is 0.920. The molecule has 1 heterocycles. The van der Waals surface area contributed by atoms with Crippen molar-refractivity contribution in [2.45, 2.75) is 39.4 Å². The Morgan fingerprint density at radius 3 is 2.55 bits per heavy atom. The van der Waals surface area contributed by atoms with E-state index < -0.39 is 11.6 Å². The summed E-state index contributed by atoms with van der Waals surface area (Å²) in [6.07, 6.45) is 0. The van der Waals surface area contributed by atoms with Crippen LogP contribution in [0.4, 0.5) is 14.5 Å². The van der Waals surface area contributed by atoms with Crippen LogP contribution < -0.4 is 10.2 Å². The number of benzene rings is 1. The number of halogens is 2. The van der Waals surface area contributed by atoms with Gasteiger partial charge in [-0.2, -0.15) is 0 Å². The number of morpholine rings is 1. The average molecular weight is 284 g/mol. The third kappa shape index (κ3) is 3.46. The fourth-order valence-corrected chi connectivity index (χ4v) is 2.38. The summed E-state index contributed by atoms with van der Waals surface area (Å²) in [5.41, 5.74) is 0.687. The molecule has 0 aliphatic carbocycles. The molecule has 0 aromatic heterocycles. The summed E-state index contributed by atoms with van der Waals surface area (Å²) in [5, 5.41) is 3.16. The molecule has 0 saturated carbocycles. The fourth-order valence-electron chi connectivity index (χ4n) is 2.38. The van der Waals surface area contributed by atoms with Gasteiger partial charge in [0.15, 0.2) is 0 Å². The fraction of sp³-hybridized carbons (Fsp3) is 0.600. The topological polar surface area (TPSA) is 24.5 Å². The molecule has 2 rings (SSSR count). The minimum atomic E-state index is -0.501. The van der Waals surface area contributed by atoms with Gasteiger partial charge in [-0.25, -0.2) is 8.78 Å². The van der Waals surface area contributed by atoms with Crippen molar-refractivity contribution in [1.82, 2.24) is 5.32 Å². The number of anilines is 1. The zero-order valence-corrected chi connectivity index (χ0v) is 12.2. The third-order valence-corrected chi connectivity index (χ3v) is 3.45. The zero-order chi connectivity index (χ0) is 14.7. The molecule has 1 saturated heterocycles. The summed E-state index contributed by atoms with van der Waals surface area (Å²) in [4.78, 5) is 1.74. The van der Waals surface area contributed by atoms with Crippen molar-refractivity contribution in [2.75, 3.05) is 24.7 Å². The van der Waals surface area contributed by atoms with E-state index in [1.54, 1.807) is 4.90 Å². The van der Waals surface area contributed by atoms with Crippen molar-refractivity contribution in [3.8, 4) is 0 Å². The molecule has 1 aliphatic rings. The van der Waals surface area contributed by atoms with Gasteiger partial charge >= 0.3 is 0 Å². The zero-order valence-electron chi connectivity index (χ0n) is 12.2. The van der Waals surface area contributed by atoms with Crippen molar-refractivity contribution in [2.24, 2.45) is 0 Å². The van der Waals surface area contributed by atoms with E-state index in [9.17, 15) is 8.78 Å². The first kappa shape index (κ1) is 15.2. The van der Waals surface area contributed by atoms with E-state index in [4.69, 9.17) is 4.74 Å². The van der Waals surface area contributed by atoms with Crippen LogP contribution in [0, 0.1) is 11.6 Å². The van der Waals surface area contributed by atoms with E-state index in [0.717, 1.165) is 0 Å². The number of nitrogens with one attached hydrogen (secondary N) is 1. The molecule has 1 N–H and O–H groups in total. The second-order valence-corrected chi connectivity index (χ2v) is 5.56. The van der Waals surface area contributed by atoms with Crippen LogP contribution in [-0.2, 0) is 11.3 Å². The molecule has 1 fully saturated rings. The molecule has 3 nitrogen and oxygen atoms in total. The Balaban J connectivity index is 2.21. The highest BCUT2D eigenvalue weighted by Gasteiger charge is 2.25. The van der Waals surface area contributed by atoms with Crippen LogP contribution in [0.15, 0.2) is 12.1 Å². The monoisotopic (exact) mass is 284 g/mol. The highest BCUT2D eigenvalue weighted by molar-refractivity contribution is 5.52. The van der Waals surface area contributed by atoms with Crippen molar-refractivity contribution < 1.29 is 13.5 Å². The van der Waals surface area contributed by atoms with Crippen molar-refractivity contribution >= 4 is 5.69 Å². The summed E-state index contributed by atoms with van der Waals surface area (Å²) >= 11 is 0. The van der Waals surface area contributed by atoms with E-state index in [1.165, 1.54) is 12.1 Å². The van der Waals surface area contributed by atoms with Crippen LogP contribution in [0.3, 0.4) is 0 Å². The summed E-state index contributed by atoms with van der Waals surface area (Å²) in [6, 6.07) is 3.08. The molecule has 0 radical (unpaired) electrons. The molecule has 1 aromatic carbocycles. The number of hydrogen-bond acceptors (Lipinski definition) is 3. The second kappa shape index (κ2) is 6.50. The molecule has 1 aliphatic heterocycles. The maximum absolute atomic E-state index is 14.2. The molecule has 1 aromatic rings. The van der Waals surface area contributed by atoms with Crippen molar-refractivity contribution in [3.63, 3.8) is 0 Å². The lowest BCUT2D eigenvalue weighted by molar-refractivity contribution is 0.0982. The second-order valence-electron chi connectivity index (χ2n) is 5.56. The summed E-state index contributed by atoms with van der Waals surface area (Å²) in [6.45, 7) is 7.87. The van der Waals surface area contributed by atoms with Gasteiger partial charge in [-0.1, -0.05) is 13.8 Å². The lowest BCUT2D eigenvalue weighted by Crippen LogP contribution is -2.44. The number of nitrogens with zero attached hydrogens (tertiary/aromatic N) is 1. The lowest BCUT2D eigenvalue weighted by Gasteiger charge is -2.35. The third-order valence-electron chi connectivity index (χ3n) is 3.45. The van der Waals surface area contributed by atoms with Gasteiger partial charge in [0.1, 0.15) is 17.3 Å². The van der Waals surface area contributed by atoms with Gasteiger partial charge in [0.05, 0.1) is 13.2 Å². The molecular weight excluding hydrogens is 262 g/mol. The molecule has 0 bridgehead atoms. The maximum atomic E-state index is 14.2. The number of ether oxygens (including phenoxy) is 1. The summed E-state index contributed by atoms with van der Waals surface area (Å²) in [7, 11) is 0. The SMILES string of the molecule is CC(C)NCc1cc(F)c(N2CCOCC2C)c(F)c1. The van der Waals surface area contributed by atoms with Crippen LogP contribution in [0.5, 0.6) is 0 Å². The highest BCUT2D eigenvalue weighted by atomic mass is 19.1. The van der Waals surface area contributed by atoms with Gasteiger partial charge in [-0.3, -0.25) is 0 Å². The van der Waals surface area contributed by atoms with Crippen LogP contribution >= 0.6 is 0 Å². The average Bonchev–Trinajstić information content (AvgIpc) is 2.38. The van der Waals surface area contributed by atoms with Crippen LogP contribution in [0.2, 0.25) is 0 Å². The van der Waals surface area contributed by atoms with Gasteiger partial charge in [0.25, 0.3) is 0 Å². The van der Waals surface area contributed by atoms with E-state index in [0.29, 0.717) is 31.9 Å². The Labute approximate surface area is 118 Å². The number of hydrogen-bond donors (Lipinski definition) is 1. The summed E-state index contributed by atoms with van der Waals surface area (Å²) in [5.74, 6) is -1.00. The predicted octanol–water partition coefficient (Wildman–Crippen LogP) is 2.69. The molecule has 1 unspecified atom stereocenters. The van der Waals surface area contributed by atoms with Gasteiger partial charge in [0, 0.05) is 25.2 Å². The minimum absolute atomic E-state index is 0.0209. The Bertz CT molecular complexity index is 442. The Morgan fingerprint density at radius 1 is 1.35 bits per heavy atom. The first-order chi connectivity index (χ1) is 9.49. The normalized spacial score (nSPS) is 19.7. The lowest BCUT2D eigenvalue weighted by atomic mass is 10.1. The van der Waals surface area contributed by atoms with E-state index in [2.05, 4.69) is 5.32 Å².